The molecule has 0 saturated carbocycles. The topological polar surface area (TPSA) is 111 Å². The first kappa shape index (κ1) is 26.2. The molecule has 0 fully saturated rings. The number of nitrogens with zero attached hydrogens (tertiary/aromatic N) is 3. The van der Waals surface area contributed by atoms with Crippen LogP contribution in [0.4, 0.5) is 0 Å². The van der Waals surface area contributed by atoms with Crippen LogP contribution in [0.2, 0.25) is 0 Å². The lowest BCUT2D eigenvalue weighted by molar-refractivity contribution is -0.122. The zero-order valence-corrected chi connectivity index (χ0v) is 22.3. The van der Waals surface area contributed by atoms with Crippen molar-refractivity contribution in [3.63, 3.8) is 0 Å². The molecule has 3 aromatic carbocycles. The lowest BCUT2D eigenvalue weighted by atomic mass is 10.0. The molecular weight excluding hydrogens is 488 g/mol. The van der Waals surface area contributed by atoms with E-state index in [4.69, 9.17) is 10.5 Å². The van der Waals surface area contributed by atoms with Crippen LogP contribution in [-0.2, 0) is 30.6 Å². The summed E-state index contributed by atoms with van der Waals surface area (Å²) >= 11 is 0. The van der Waals surface area contributed by atoms with E-state index in [0.29, 0.717) is 25.2 Å². The van der Waals surface area contributed by atoms with E-state index in [1.54, 1.807) is 14.0 Å². The number of H-pyrrole nitrogens is 1. The number of aromatic amines is 1. The molecule has 0 aliphatic rings. The number of ether oxygens (including phenoxy) is 1. The number of fused-ring (bicyclic) bond motifs is 1. The Morgan fingerprint density at radius 3 is 2.46 bits per heavy atom. The van der Waals surface area contributed by atoms with Crippen molar-refractivity contribution in [2.75, 3.05) is 7.11 Å². The Bertz CT molecular complexity index is 1520. The van der Waals surface area contributed by atoms with Gasteiger partial charge in [-0.2, -0.15) is 0 Å². The number of nitrogens with two attached hydrogens (primary N) is 1. The molecule has 8 heteroatoms. The fraction of sp³-hybridized carbons (Fsp3) is 0.258. The highest BCUT2D eigenvalue weighted by Crippen LogP contribution is 2.26. The summed E-state index contributed by atoms with van der Waals surface area (Å²) in [5.41, 5.74) is 10.4. The summed E-state index contributed by atoms with van der Waals surface area (Å²) in [5.74, 6) is 2.13. The largest absolute Gasteiger partial charge is 0.497 e. The van der Waals surface area contributed by atoms with Gasteiger partial charge in [0.15, 0.2) is 5.82 Å². The third-order valence-electron chi connectivity index (χ3n) is 6.98. The van der Waals surface area contributed by atoms with Crippen LogP contribution in [0.25, 0.3) is 10.9 Å². The summed E-state index contributed by atoms with van der Waals surface area (Å²) in [7, 11) is 1.66. The Labute approximate surface area is 228 Å². The van der Waals surface area contributed by atoms with Gasteiger partial charge < -0.3 is 25.3 Å². The molecule has 0 radical (unpaired) electrons. The van der Waals surface area contributed by atoms with Crippen LogP contribution in [0.15, 0.2) is 85.1 Å². The van der Waals surface area contributed by atoms with E-state index in [1.165, 1.54) is 5.56 Å². The first-order valence-corrected chi connectivity index (χ1v) is 13.2. The van der Waals surface area contributed by atoms with Crippen molar-refractivity contribution in [1.29, 1.82) is 0 Å². The van der Waals surface area contributed by atoms with Gasteiger partial charge in [-0.1, -0.05) is 60.7 Å². The van der Waals surface area contributed by atoms with Crippen LogP contribution in [0.3, 0.4) is 0 Å². The van der Waals surface area contributed by atoms with Crippen LogP contribution in [0.1, 0.15) is 41.3 Å². The number of rotatable bonds is 11. The molecule has 2 heterocycles. The third kappa shape index (κ3) is 6.18. The standard InChI is InChI=1S/C31H34N6O2/c1-21(32)31(38)34-28(18-24-19-33-27-11-7-6-10-26(24)27)30-36-35-29(17-14-22-8-4-3-5-9-22)37(30)20-23-12-15-25(39-2)16-13-23/h3-13,15-16,19,21,28,33H,14,17-18,20,32H2,1-2H3,(H,34,38)/t21?,28-/m1/s1. The molecule has 0 aliphatic heterocycles. The lowest BCUT2D eigenvalue weighted by Gasteiger charge is -2.21. The smallest absolute Gasteiger partial charge is 0.237 e. The van der Waals surface area contributed by atoms with Crippen LogP contribution >= 0.6 is 0 Å². The van der Waals surface area contributed by atoms with Crippen molar-refractivity contribution in [3.8, 4) is 5.75 Å². The molecule has 5 aromatic rings. The van der Waals surface area contributed by atoms with Crippen molar-refractivity contribution >= 4 is 16.8 Å². The fourth-order valence-corrected chi connectivity index (χ4v) is 4.81. The number of benzene rings is 3. The van der Waals surface area contributed by atoms with E-state index in [0.717, 1.165) is 40.0 Å². The minimum Gasteiger partial charge on any atom is -0.497 e. The van der Waals surface area contributed by atoms with Gasteiger partial charge in [-0.3, -0.25) is 4.79 Å². The Kier molecular flexibility index (Phi) is 8.03. The van der Waals surface area contributed by atoms with Gasteiger partial charge in [0.1, 0.15) is 11.6 Å². The first-order valence-electron chi connectivity index (χ1n) is 13.2. The average Bonchev–Trinajstić information content (AvgIpc) is 3.56. The van der Waals surface area contributed by atoms with E-state index in [2.05, 4.69) is 43.3 Å². The monoisotopic (exact) mass is 522 g/mol. The second-order valence-corrected chi connectivity index (χ2v) is 9.81. The number of aryl methyl sites for hydroxylation is 2. The number of para-hydroxylation sites is 1. The van der Waals surface area contributed by atoms with Gasteiger partial charge in [0.25, 0.3) is 0 Å². The molecule has 0 bridgehead atoms. The summed E-state index contributed by atoms with van der Waals surface area (Å²) in [5, 5.41) is 13.5. The minimum atomic E-state index is -0.647. The van der Waals surface area contributed by atoms with Crippen molar-refractivity contribution in [2.45, 2.75) is 44.8 Å². The second-order valence-electron chi connectivity index (χ2n) is 9.81. The van der Waals surface area contributed by atoms with Gasteiger partial charge in [0.05, 0.1) is 25.7 Å². The average molecular weight is 523 g/mol. The summed E-state index contributed by atoms with van der Waals surface area (Å²) in [6.45, 7) is 2.25. The summed E-state index contributed by atoms with van der Waals surface area (Å²) in [4.78, 5) is 16.2. The maximum absolute atomic E-state index is 12.9. The highest BCUT2D eigenvalue weighted by molar-refractivity contribution is 5.84. The van der Waals surface area contributed by atoms with Gasteiger partial charge in [0, 0.05) is 29.9 Å². The van der Waals surface area contributed by atoms with E-state index < -0.39 is 12.1 Å². The zero-order valence-electron chi connectivity index (χ0n) is 22.3. The Morgan fingerprint density at radius 1 is 0.974 bits per heavy atom. The number of amides is 1. The molecule has 200 valence electrons. The van der Waals surface area contributed by atoms with Crippen LogP contribution in [0.5, 0.6) is 5.75 Å². The first-order chi connectivity index (χ1) is 19.0. The molecule has 1 amide bonds. The number of hydrogen-bond donors (Lipinski definition) is 3. The van der Waals surface area contributed by atoms with Crippen LogP contribution < -0.4 is 15.8 Å². The van der Waals surface area contributed by atoms with Crippen LogP contribution in [0, 0.1) is 0 Å². The van der Waals surface area contributed by atoms with Gasteiger partial charge in [-0.15, -0.1) is 10.2 Å². The van der Waals surface area contributed by atoms with Crippen molar-refractivity contribution in [3.05, 3.63) is 113 Å². The molecule has 2 aromatic heterocycles. The molecule has 0 spiro atoms. The molecule has 4 N–H and O–H groups in total. The number of methoxy groups -OCH3 is 1. The Morgan fingerprint density at radius 2 is 1.72 bits per heavy atom. The molecule has 2 atom stereocenters. The third-order valence-corrected chi connectivity index (χ3v) is 6.98. The Hall–Kier alpha value is -4.43. The molecule has 5 rings (SSSR count). The number of aromatic nitrogens is 4. The molecule has 39 heavy (non-hydrogen) atoms. The van der Waals surface area contributed by atoms with Gasteiger partial charge >= 0.3 is 0 Å². The minimum absolute atomic E-state index is 0.232. The second kappa shape index (κ2) is 12.0. The lowest BCUT2D eigenvalue weighted by Crippen LogP contribution is -2.41. The van der Waals surface area contributed by atoms with Crippen molar-refractivity contribution < 1.29 is 9.53 Å². The highest BCUT2D eigenvalue weighted by atomic mass is 16.5. The van der Waals surface area contributed by atoms with Crippen molar-refractivity contribution in [2.24, 2.45) is 5.73 Å². The van der Waals surface area contributed by atoms with E-state index in [1.807, 2.05) is 66.9 Å². The van der Waals surface area contributed by atoms with E-state index >= 15 is 0 Å². The quantitative estimate of drug-likeness (QED) is 0.239. The number of carbonyl (C=O) groups is 1. The van der Waals surface area contributed by atoms with Gasteiger partial charge in [0.2, 0.25) is 5.91 Å². The van der Waals surface area contributed by atoms with E-state index in [-0.39, 0.29) is 5.91 Å². The normalized spacial score (nSPS) is 12.8. The summed E-state index contributed by atoms with van der Waals surface area (Å²) < 4.78 is 7.47. The van der Waals surface area contributed by atoms with Gasteiger partial charge in [-0.25, -0.2) is 0 Å². The predicted octanol–water partition coefficient (Wildman–Crippen LogP) is 4.35. The highest BCUT2D eigenvalue weighted by Gasteiger charge is 2.26. The number of hydrogen-bond acceptors (Lipinski definition) is 5. The fourth-order valence-electron chi connectivity index (χ4n) is 4.81. The predicted molar refractivity (Wildman–Crippen MR) is 153 cm³/mol. The Balaban J connectivity index is 1.52. The number of nitrogens with one attached hydrogen (secondary N) is 2. The maximum atomic E-state index is 12.9. The van der Waals surface area contributed by atoms with Crippen molar-refractivity contribution in [1.82, 2.24) is 25.1 Å². The summed E-state index contributed by atoms with van der Waals surface area (Å²) in [6, 6.07) is 25.4. The molecule has 0 saturated heterocycles. The zero-order chi connectivity index (χ0) is 27.2. The molecule has 0 aliphatic carbocycles. The molecule has 1 unspecified atom stereocenters. The van der Waals surface area contributed by atoms with E-state index in [9.17, 15) is 4.79 Å². The SMILES string of the molecule is COc1ccc(Cn2c(CCc3ccccc3)nnc2[C@@H](Cc2c[nH]c3ccccc23)NC(=O)C(C)N)cc1. The number of carbonyl (C=O) groups excluding carboxylic acids is 1. The molecular formula is C31H34N6O2. The molecule has 8 nitrogen and oxygen atoms in total. The summed E-state index contributed by atoms with van der Waals surface area (Å²) in [6.07, 6.45) is 4.09. The van der Waals surface area contributed by atoms with Crippen LogP contribution in [-0.4, -0.2) is 38.8 Å². The maximum Gasteiger partial charge on any atom is 0.237 e. The van der Waals surface area contributed by atoms with Gasteiger partial charge in [-0.05, 0) is 48.2 Å².